The summed E-state index contributed by atoms with van der Waals surface area (Å²) in [6.45, 7) is 2.54. The molecule has 0 rings (SSSR count). The van der Waals surface area contributed by atoms with Crippen LogP contribution in [0.25, 0.3) is 0 Å². The first kappa shape index (κ1) is 10.2. The Kier molecular flexibility index (Phi) is 4.98. The molecule has 0 fully saturated rings. The van der Waals surface area contributed by atoms with Crippen LogP contribution in [0.15, 0.2) is 0 Å². The Morgan fingerprint density at radius 2 is 2.00 bits per heavy atom. The topological polar surface area (TPSA) is 52.6 Å². The summed E-state index contributed by atoms with van der Waals surface area (Å²) in [5.41, 5.74) is 0. The lowest BCUT2D eigenvalue weighted by molar-refractivity contribution is 0.113. The Morgan fingerprint density at radius 1 is 1.40 bits per heavy atom. The van der Waals surface area contributed by atoms with Gasteiger partial charge in [0.15, 0.2) is 0 Å². The minimum Gasteiger partial charge on any atom is -0.379 e. The maximum absolute atomic E-state index is 10.1. The highest BCUT2D eigenvalue weighted by Crippen LogP contribution is 1.96. The van der Waals surface area contributed by atoms with E-state index in [-0.39, 0.29) is 13.2 Å². The lowest BCUT2D eigenvalue weighted by Gasteiger charge is -1.98. The van der Waals surface area contributed by atoms with Crippen molar-refractivity contribution in [3.05, 3.63) is 0 Å². The number of hydrogen-bond donors (Lipinski definition) is 0. The molecule has 4 nitrogen and oxygen atoms in total. The molecule has 0 heterocycles. The van der Waals surface area contributed by atoms with Gasteiger partial charge in [-0.2, -0.15) is 8.42 Å². The van der Waals surface area contributed by atoms with E-state index in [1.807, 2.05) is 0 Å². The monoisotopic (exact) mass is 188 g/mol. The van der Waals surface area contributed by atoms with E-state index in [9.17, 15) is 8.42 Å². The smallest absolute Gasteiger partial charge is 0.355 e. The van der Waals surface area contributed by atoms with Gasteiger partial charge in [0.25, 0.3) is 0 Å². The molecular formula is C4H9ClO4S. The molecule has 0 aromatic rings. The van der Waals surface area contributed by atoms with E-state index in [0.717, 1.165) is 0 Å². The van der Waals surface area contributed by atoms with Crippen molar-refractivity contribution < 1.29 is 17.3 Å². The molecule has 0 unspecified atom stereocenters. The molecule has 0 aliphatic carbocycles. The van der Waals surface area contributed by atoms with Crippen molar-refractivity contribution in [2.24, 2.45) is 0 Å². The van der Waals surface area contributed by atoms with Gasteiger partial charge in [0.2, 0.25) is 0 Å². The average Bonchev–Trinajstić information content (AvgIpc) is 1.78. The normalized spacial score (nSPS) is 11.8. The molecular weight excluding hydrogens is 180 g/mol. The second kappa shape index (κ2) is 4.90. The van der Waals surface area contributed by atoms with Crippen molar-refractivity contribution in [3.8, 4) is 0 Å². The van der Waals surface area contributed by atoms with Crippen LogP contribution in [0.3, 0.4) is 0 Å². The van der Waals surface area contributed by atoms with Crippen LogP contribution in [-0.4, -0.2) is 28.2 Å². The largest absolute Gasteiger partial charge is 0.379 e. The van der Waals surface area contributed by atoms with E-state index in [2.05, 4.69) is 4.18 Å². The zero-order valence-corrected chi connectivity index (χ0v) is 7.11. The van der Waals surface area contributed by atoms with Crippen LogP contribution in [0.2, 0.25) is 0 Å². The summed E-state index contributed by atoms with van der Waals surface area (Å²) in [6, 6.07) is 0. The van der Waals surface area contributed by atoms with Gasteiger partial charge in [-0.1, -0.05) is 0 Å². The molecule has 0 spiro atoms. The molecule has 0 radical (unpaired) electrons. The fourth-order valence-corrected chi connectivity index (χ4v) is 0.793. The minimum atomic E-state index is -3.81. The van der Waals surface area contributed by atoms with Crippen LogP contribution in [-0.2, 0) is 18.3 Å². The highest BCUT2D eigenvalue weighted by atomic mass is 35.7. The lowest BCUT2D eigenvalue weighted by Crippen LogP contribution is -2.06. The summed E-state index contributed by atoms with van der Waals surface area (Å²) in [5, 5.41) is 0. The second-order valence-corrected chi connectivity index (χ2v) is 3.57. The molecule has 0 saturated carbocycles. The van der Waals surface area contributed by atoms with Gasteiger partial charge >= 0.3 is 9.33 Å². The van der Waals surface area contributed by atoms with Gasteiger partial charge in [0.05, 0.1) is 13.2 Å². The summed E-state index contributed by atoms with van der Waals surface area (Å²) in [5.74, 6) is 0. The summed E-state index contributed by atoms with van der Waals surface area (Å²) < 4.78 is 29.1. The van der Waals surface area contributed by atoms with E-state index in [1.54, 1.807) is 6.92 Å². The molecule has 10 heavy (non-hydrogen) atoms. The maximum Gasteiger partial charge on any atom is 0.355 e. The summed E-state index contributed by atoms with van der Waals surface area (Å²) in [4.78, 5) is 0. The van der Waals surface area contributed by atoms with Gasteiger partial charge in [0.1, 0.15) is 0 Å². The van der Waals surface area contributed by atoms with Crippen LogP contribution >= 0.6 is 10.7 Å². The number of hydrogen-bond acceptors (Lipinski definition) is 4. The first-order valence-electron chi connectivity index (χ1n) is 2.73. The molecule has 6 heteroatoms. The Labute approximate surface area is 64.7 Å². The fraction of sp³-hybridized carbons (Fsp3) is 1.00. The summed E-state index contributed by atoms with van der Waals surface area (Å²) in [7, 11) is 0.894. The summed E-state index contributed by atoms with van der Waals surface area (Å²) in [6.07, 6.45) is 0. The van der Waals surface area contributed by atoms with Gasteiger partial charge in [0, 0.05) is 17.3 Å². The zero-order valence-electron chi connectivity index (χ0n) is 5.54. The van der Waals surface area contributed by atoms with Crippen LogP contribution in [0.1, 0.15) is 6.92 Å². The van der Waals surface area contributed by atoms with Gasteiger partial charge in [-0.25, -0.2) is 0 Å². The van der Waals surface area contributed by atoms with Crippen molar-refractivity contribution in [1.82, 2.24) is 0 Å². The van der Waals surface area contributed by atoms with Crippen LogP contribution in [0.4, 0.5) is 0 Å². The van der Waals surface area contributed by atoms with E-state index in [1.165, 1.54) is 0 Å². The molecule has 0 aliphatic heterocycles. The molecule has 0 bridgehead atoms. The minimum absolute atomic E-state index is 0.0281. The van der Waals surface area contributed by atoms with E-state index in [4.69, 9.17) is 15.4 Å². The SMILES string of the molecule is CCOCCOS(=O)(=O)Cl. The first-order valence-corrected chi connectivity index (χ1v) is 4.96. The third-order valence-corrected chi connectivity index (χ3v) is 1.37. The number of rotatable bonds is 5. The maximum atomic E-state index is 10.1. The second-order valence-electron chi connectivity index (χ2n) is 1.41. The quantitative estimate of drug-likeness (QED) is 0.467. The predicted molar refractivity (Wildman–Crippen MR) is 37.2 cm³/mol. The molecule has 62 valence electrons. The molecule has 0 amide bonds. The Hall–Kier alpha value is 0.160. The van der Waals surface area contributed by atoms with E-state index < -0.39 is 9.33 Å². The average molecular weight is 189 g/mol. The third-order valence-electron chi connectivity index (χ3n) is 0.656. The van der Waals surface area contributed by atoms with Crippen LogP contribution in [0, 0.1) is 0 Å². The summed E-state index contributed by atoms with van der Waals surface area (Å²) >= 11 is 0. The van der Waals surface area contributed by atoms with Gasteiger partial charge in [-0.15, -0.1) is 0 Å². The number of halogens is 1. The Morgan fingerprint density at radius 3 is 2.40 bits per heavy atom. The van der Waals surface area contributed by atoms with Gasteiger partial charge in [-0.05, 0) is 6.92 Å². The zero-order chi connectivity index (χ0) is 8.04. The lowest BCUT2D eigenvalue weighted by atomic mass is 10.8. The van der Waals surface area contributed by atoms with E-state index >= 15 is 0 Å². The fourth-order valence-electron chi connectivity index (χ4n) is 0.337. The number of ether oxygens (including phenoxy) is 1. The third kappa shape index (κ3) is 8.16. The predicted octanol–water partition coefficient (Wildman–Crippen LogP) is 0.523. The molecule has 0 N–H and O–H groups in total. The molecule has 0 aliphatic rings. The van der Waals surface area contributed by atoms with Crippen molar-refractivity contribution in [3.63, 3.8) is 0 Å². The van der Waals surface area contributed by atoms with Crippen molar-refractivity contribution in [1.29, 1.82) is 0 Å². The molecule has 0 aromatic carbocycles. The van der Waals surface area contributed by atoms with Gasteiger partial charge < -0.3 is 4.74 Å². The highest BCUT2D eigenvalue weighted by Gasteiger charge is 2.02. The van der Waals surface area contributed by atoms with Crippen molar-refractivity contribution >= 4 is 20.0 Å². The molecule has 0 saturated heterocycles. The molecule has 0 atom stereocenters. The first-order chi connectivity index (χ1) is 4.56. The Bertz CT molecular complexity index is 164. The molecule has 0 aromatic heterocycles. The van der Waals surface area contributed by atoms with Crippen molar-refractivity contribution in [2.45, 2.75) is 6.92 Å². The van der Waals surface area contributed by atoms with Crippen LogP contribution < -0.4 is 0 Å². The Balaban J connectivity index is 3.21. The van der Waals surface area contributed by atoms with E-state index in [0.29, 0.717) is 6.61 Å². The van der Waals surface area contributed by atoms with Gasteiger partial charge in [-0.3, -0.25) is 4.18 Å². The van der Waals surface area contributed by atoms with Crippen molar-refractivity contribution in [2.75, 3.05) is 19.8 Å². The highest BCUT2D eigenvalue weighted by molar-refractivity contribution is 8.09. The standard InChI is InChI=1S/C4H9ClO4S/c1-2-8-3-4-9-10(5,6)7/h2-4H2,1H3. The van der Waals surface area contributed by atoms with Crippen LogP contribution in [0.5, 0.6) is 0 Å².